The first-order valence-electron chi connectivity index (χ1n) is 6.98. The molecular weight excluding hydrogens is 264 g/mol. The average molecular weight is 282 g/mol. The fourth-order valence-corrected chi connectivity index (χ4v) is 3.60. The molecule has 2 N–H and O–H groups in total. The third kappa shape index (κ3) is 2.47. The Kier molecular flexibility index (Phi) is 3.81. The molecule has 0 amide bonds. The molecule has 0 radical (unpaired) electrons. The highest BCUT2D eigenvalue weighted by atomic mass is 32.1. The quantitative estimate of drug-likeness (QED) is 0.771. The Labute approximate surface area is 123 Å². The molecule has 3 aromatic rings. The molecule has 0 bridgehead atoms. The number of nitrogens with two attached hydrogens (primary N) is 1. The average Bonchev–Trinajstić information content (AvgIpc) is 2.93. The van der Waals surface area contributed by atoms with Crippen LogP contribution in [0.1, 0.15) is 24.5 Å². The van der Waals surface area contributed by atoms with Gasteiger partial charge < -0.3 is 5.73 Å². The van der Waals surface area contributed by atoms with Gasteiger partial charge in [-0.2, -0.15) is 0 Å². The molecule has 3 heteroatoms. The minimum Gasteiger partial charge on any atom is -0.326 e. The second-order valence-corrected chi connectivity index (χ2v) is 6.00. The minimum atomic E-state index is 0.581. The van der Waals surface area contributed by atoms with E-state index in [2.05, 4.69) is 48.3 Å². The Bertz CT molecular complexity index is 731. The summed E-state index contributed by atoms with van der Waals surface area (Å²) in [6, 6.07) is 12.8. The molecule has 0 fully saturated rings. The molecule has 0 unspecified atom stereocenters. The zero-order chi connectivity index (χ0) is 13.9. The Balaban J connectivity index is 2.10. The number of fused-ring (bicyclic) bond motifs is 1. The second kappa shape index (κ2) is 5.73. The second-order valence-electron chi connectivity index (χ2n) is 4.95. The van der Waals surface area contributed by atoms with Gasteiger partial charge in [0.1, 0.15) is 0 Å². The summed E-state index contributed by atoms with van der Waals surface area (Å²) in [7, 11) is 0. The first kappa shape index (κ1) is 13.3. The number of aromatic nitrogens is 1. The van der Waals surface area contributed by atoms with Crippen molar-refractivity contribution in [1.29, 1.82) is 0 Å². The van der Waals surface area contributed by atoms with Gasteiger partial charge in [0.25, 0.3) is 0 Å². The van der Waals surface area contributed by atoms with E-state index in [9.17, 15) is 0 Å². The Morgan fingerprint density at radius 2 is 2.10 bits per heavy atom. The largest absolute Gasteiger partial charge is 0.326 e. The molecule has 0 saturated carbocycles. The number of pyridine rings is 1. The SMILES string of the molecule is CCCc1ccnc2cc(-c3cccc(CN)c3)sc12. The van der Waals surface area contributed by atoms with Crippen LogP contribution in [0.4, 0.5) is 0 Å². The third-order valence-corrected chi connectivity index (χ3v) is 4.71. The highest BCUT2D eigenvalue weighted by Crippen LogP contribution is 2.35. The summed E-state index contributed by atoms with van der Waals surface area (Å²) < 4.78 is 1.32. The molecule has 20 heavy (non-hydrogen) atoms. The predicted molar refractivity (Wildman–Crippen MR) is 86.9 cm³/mol. The van der Waals surface area contributed by atoms with Crippen LogP contribution < -0.4 is 5.73 Å². The topological polar surface area (TPSA) is 38.9 Å². The lowest BCUT2D eigenvalue weighted by atomic mass is 10.1. The highest BCUT2D eigenvalue weighted by Gasteiger charge is 2.08. The van der Waals surface area contributed by atoms with Gasteiger partial charge >= 0.3 is 0 Å². The maximum absolute atomic E-state index is 5.73. The Hall–Kier alpha value is -1.71. The van der Waals surface area contributed by atoms with Crippen LogP contribution in [0.3, 0.4) is 0 Å². The van der Waals surface area contributed by atoms with Gasteiger partial charge in [0, 0.05) is 17.6 Å². The lowest BCUT2D eigenvalue weighted by molar-refractivity contribution is 0.929. The fraction of sp³-hybridized carbons (Fsp3) is 0.235. The van der Waals surface area contributed by atoms with Crippen molar-refractivity contribution < 1.29 is 0 Å². The van der Waals surface area contributed by atoms with Crippen molar-refractivity contribution in [2.24, 2.45) is 5.73 Å². The molecule has 0 saturated heterocycles. The van der Waals surface area contributed by atoms with Crippen LogP contribution in [-0.4, -0.2) is 4.98 Å². The van der Waals surface area contributed by atoms with Crippen molar-refractivity contribution in [2.75, 3.05) is 0 Å². The van der Waals surface area contributed by atoms with Gasteiger partial charge in [-0.3, -0.25) is 4.98 Å². The lowest BCUT2D eigenvalue weighted by Crippen LogP contribution is -1.95. The minimum absolute atomic E-state index is 0.581. The third-order valence-electron chi connectivity index (χ3n) is 3.46. The van der Waals surface area contributed by atoms with Crippen LogP contribution in [0.25, 0.3) is 20.7 Å². The van der Waals surface area contributed by atoms with Crippen molar-refractivity contribution in [2.45, 2.75) is 26.3 Å². The van der Waals surface area contributed by atoms with Gasteiger partial charge in [0.2, 0.25) is 0 Å². The van der Waals surface area contributed by atoms with Crippen LogP contribution >= 0.6 is 11.3 Å². The van der Waals surface area contributed by atoms with Crippen LogP contribution in [0, 0.1) is 0 Å². The van der Waals surface area contributed by atoms with Crippen molar-refractivity contribution in [3.8, 4) is 10.4 Å². The van der Waals surface area contributed by atoms with Gasteiger partial charge in [-0.1, -0.05) is 31.5 Å². The summed E-state index contributed by atoms with van der Waals surface area (Å²) in [5, 5.41) is 0. The van der Waals surface area contributed by atoms with E-state index in [1.807, 2.05) is 17.5 Å². The molecule has 1 aromatic carbocycles. The molecule has 3 rings (SSSR count). The highest BCUT2D eigenvalue weighted by molar-refractivity contribution is 7.22. The summed E-state index contributed by atoms with van der Waals surface area (Å²) in [5.74, 6) is 0. The Morgan fingerprint density at radius 1 is 1.20 bits per heavy atom. The maximum Gasteiger partial charge on any atom is 0.0818 e. The Morgan fingerprint density at radius 3 is 2.90 bits per heavy atom. The van der Waals surface area contributed by atoms with E-state index < -0.39 is 0 Å². The lowest BCUT2D eigenvalue weighted by Gasteiger charge is -2.00. The summed E-state index contributed by atoms with van der Waals surface area (Å²) >= 11 is 1.83. The van der Waals surface area contributed by atoms with Crippen molar-refractivity contribution >= 4 is 21.6 Å². The zero-order valence-corrected chi connectivity index (χ0v) is 12.4. The van der Waals surface area contributed by atoms with Crippen LogP contribution in [-0.2, 0) is 13.0 Å². The molecule has 0 aliphatic rings. The molecule has 2 aromatic heterocycles. The molecule has 0 spiro atoms. The summed E-state index contributed by atoms with van der Waals surface area (Å²) in [6.07, 6.45) is 4.19. The van der Waals surface area contributed by atoms with Gasteiger partial charge in [0.15, 0.2) is 0 Å². The van der Waals surface area contributed by atoms with Gasteiger partial charge in [-0.15, -0.1) is 11.3 Å². The number of rotatable bonds is 4. The van der Waals surface area contributed by atoms with E-state index in [0.717, 1.165) is 18.4 Å². The molecule has 2 heterocycles. The van der Waals surface area contributed by atoms with E-state index in [-0.39, 0.29) is 0 Å². The van der Waals surface area contributed by atoms with E-state index in [1.165, 1.54) is 26.3 Å². The number of aryl methyl sites for hydroxylation is 1. The number of benzene rings is 1. The summed E-state index contributed by atoms with van der Waals surface area (Å²) in [5.41, 5.74) is 10.6. The van der Waals surface area contributed by atoms with E-state index >= 15 is 0 Å². The first-order chi connectivity index (χ1) is 9.81. The normalized spacial score (nSPS) is 11.1. The number of hydrogen-bond acceptors (Lipinski definition) is 3. The number of hydrogen-bond donors (Lipinski definition) is 1. The number of thiophene rings is 1. The van der Waals surface area contributed by atoms with Crippen LogP contribution in [0.5, 0.6) is 0 Å². The zero-order valence-electron chi connectivity index (χ0n) is 11.6. The van der Waals surface area contributed by atoms with Gasteiger partial charge in [-0.25, -0.2) is 0 Å². The van der Waals surface area contributed by atoms with E-state index in [1.54, 1.807) is 0 Å². The van der Waals surface area contributed by atoms with Crippen molar-refractivity contribution in [1.82, 2.24) is 4.98 Å². The molecule has 0 aliphatic heterocycles. The standard InChI is InChI=1S/C17H18N2S/c1-2-4-13-7-8-19-15-10-16(20-17(13)15)14-6-3-5-12(9-14)11-18/h3,5-10H,2,4,11,18H2,1H3. The van der Waals surface area contributed by atoms with Crippen LogP contribution in [0.15, 0.2) is 42.6 Å². The molecule has 0 atom stereocenters. The molecular formula is C17H18N2S. The molecule has 2 nitrogen and oxygen atoms in total. The summed E-state index contributed by atoms with van der Waals surface area (Å²) in [6.45, 7) is 2.80. The van der Waals surface area contributed by atoms with Crippen molar-refractivity contribution in [3.05, 3.63) is 53.7 Å². The van der Waals surface area contributed by atoms with Crippen LogP contribution in [0.2, 0.25) is 0 Å². The summed E-state index contributed by atoms with van der Waals surface area (Å²) in [4.78, 5) is 5.77. The smallest absolute Gasteiger partial charge is 0.0818 e. The predicted octanol–water partition coefficient (Wildman–Crippen LogP) is 4.37. The first-order valence-corrected chi connectivity index (χ1v) is 7.80. The van der Waals surface area contributed by atoms with Gasteiger partial charge in [0.05, 0.1) is 10.2 Å². The number of nitrogens with zero attached hydrogens (tertiary/aromatic N) is 1. The molecule has 102 valence electrons. The maximum atomic E-state index is 5.73. The fourth-order valence-electron chi connectivity index (χ4n) is 2.45. The van der Waals surface area contributed by atoms with E-state index in [0.29, 0.717) is 6.54 Å². The van der Waals surface area contributed by atoms with Gasteiger partial charge in [-0.05, 0) is 41.3 Å². The monoisotopic (exact) mass is 282 g/mol. The van der Waals surface area contributed by atoms with E-state index in [4.69, 9.17) is 5.73 Å². The molecule has 0 aliphatic carbocycles. The van der Waals surface area contributed by atoms with Crippen molar-refractivity contribution in [3.63, 3.8) is 0 Å².